The first-order valence-electron chi connectivity index (χ1n) is 7.13. The lowest BCUT2D eigenvalue weighted by Crippen LogP contribution is -2.36. The Bertz CT molecular complexity index is 800. The number of rotatable bonds is 7. The van der Waals surface area contributed by atoms with Crippen molar-refractivity contribution in [1.82, 2.24) is 10.6 Å². The Morgan fingerprint density at radius 1 is 1.08 bits per heavy atom. The van der Waals surface area contributed by atoms with Crippen molar-refractivity contribution < 1.29 is 18.0 Å². The van der Waals surface area contributed by atoms with Crippen LogP contribution in [0.1, 0.15) is 17.3 Å². The molecule has 9 heteroatoms. The number of benzene rings is 1. The molecule has 0 saturated heterocycles. The molecule has 0 unspecified atom stereocenters. The zero-order valence-electron chi connectivity index (χ0n) is 12.9. The van der Waals surface area contributed by atoms with E-state index in [1.807, 2.05) is 0 Å². The van der Waals surface area contributed by atoms with Crippen molar-refractivity contribution in [1.29, 1.82) is 0 Å². The smallest absolute Gasteiger partial charge is 0.271 e. The summed E-state index contributed by atoms with van der Waals surface area (Å²) < 4.78 is 26.8. The van der Waals surface area contributed by atoms with E-state index >= 15 is 0 Å². The first-order valence-corrected chi connectivity index (χ1v) is 9.50. The lowest BCUT2D eigenvalue weighted by molar-refractivity contribution is -0.120. The molecule has 0 bridgehead atoms. The maximum atomic E-state index is 12.1. The summed E-state index contributed by atoms with van der Waals surface area (Å²) in [5.41, 5.74) is 0.682. The Labute approximate surface area is 144 Å². The third-order valence-electron chi connectivity index (χ3n) is 2.94. The van der Waals surface area contributed by atoms with Crippen LogP contribution in [0.2, 0.25) is 0 Å². The predicted molar refractivity (Wildman–Crippen MR) is 92.6 cm³/mol. The van der Waals surface area contributed by atoms with Gasteiger partial charge in [-0.2, -0.15) is 0 Å². The van der Waals surface area contributed by atoms with E-state index in [0.29, 0.717) is 17.8 Å². The van der Waals surface area contributed by atoms with Crippen LogP contribution in [-0.4, -0.2) is 33.3 Å². The molecule has 7 nitrogen and oxygen atoms in total. The average Bonchev–Trinajstić information content (AvgIpc) is 3.09. The molecular formula is C15H17N3O4S2. The summed E-state index contributed by atoms with van der Waals surface area (Å²) in [5, 5.41) is 6.73. The second-order valence-corrected chi connectivity index (χ2v) is 7.61. The van der Waals surface area contributed by atoms with Gasteiger partial charge in [-0.3, -0.25) is 14.3 Å². The van der Waals surface area contributed by atoms with Crippen LogP contribution >= 0.6 is 11.3 Å². The van der Waals surface area contributed by atoms with Crippen molar-refractivity contribution in [3.63, 3.8) is 0 Å². The van der Waals surface area contributed by atoms with Gasteiger partial charge in [-0.05, 0) is 42.6 Å². The molecular weight excluding hydrogens is 350 g/mol. The third-order valence-corrected chi connectivity index (χ3v) is 5.72. The van der Waals surface area contributed by atoms with Gasteiger partial charge in [0.1, 0.15) is 4.21 Å². The largest absolute Gasteiger partial charge is 0.355 e. The monoisotopic (exact) mass is 367 g/mol. The molecule has 0 fully saturated rings. The minimum Gasteiger partial charge on any atom is -0.355 e. The van der Waals surface area contributed by atoms with E-state index in [-0.39, 0.29) is 16.7 Å². The minimum absolute atomic E-state index is 0.112. The van der Waals surface area contributed by atoms with E-state index < -0.39 is 15.9 Å². The number of anilines is 1. The highest BCUT2D eigenvalue weighted by atomic mass is 32.2. The van der Waals surface area contributed by atoms with Crippen LogP contribution < -0.4 is 15.4 Å². The van der Waals surface area contributed by atoms with Gasteiger partial charge in [0, 0.05) is 17.8 Å². The number of hydrogen-bond donors (Lipinski definition) is 3. The van der Waals surface area contributed by atoms with Crippen molar-refractivity contribution >= 4 is 38.9 Å². The molecule has 0 spiro atoms. The van der Waals surface area contributed by atoms with Crippen molar-refractivity contribution in [3.05, 3.63) is 47.3 Å². The number of likely N-dealkylation sites (N-methyl/N-ethyl adjacent to an activating group) is 1. The number of nitrogens with one attached hydrogen (secondary N) is 3. The molecule has 0 aliphatic rings. The number of carbonyl (C=O) groups is 2. The maximum Gasteiger partial charge on any atom is 0.271 e. The number of hydrogen-bond acceptors (Lipinski definition) is 5. The predicted octanol–water partition coefficient (Wildman–Crippen LogP) is 1.41. The van der Waals surface area contributed by atoms with E-state index in [9.17, 15) is 18.0 Å². The van der Waals surface area contributed by atoms with Crippen LogP contribution in [0.5, 0.6) is 0 Å². The third kappa shape index (κ3) is 4.80. The Morgan fingerprint density at radius 2 is 1.79 bits per heavy atom. The van der Waals surface area contributed by atoms with Crippen LogP contribution in [0.4, 0.5) is 5.69 Å². The molecule has 1 aromatic heterocycles. The number of thiophene rings is 1. The molecule has 24 heavy (non-hydrogen) atoms. The van der Waals surface area contributed by atoms with E-state index in [1.54, 1.807) is 18.4 Å². The molecule has 0 aliphatic heterocycles. The van der Waals surface area contributed by atoms with E-state index in [4.69, 9.17) is 0 Å². The normalized spacial score (nSPS) is 10.9. The molecule has 128 valence electrons. The lowest BCUT2D eigenvalue weighted by atomic mass is 10.2. The number of carbonyl (C=O) groups excluding carboxylic acids is 2. The Hall–Kier alpha value is -2.39. The van der Waals surface area contributed by atoms with Gasteiger partial charge in [-0.25, -0.2) is 8.42 Å². The fourth-order valence-corrected chi connectivity index (χ4v) is 3.89. The number of amides is 2. The first-order chi connectivity index (χ1) is 11.4. The fourth-order valence-electron chi connectivity index (χ4n) is 1.83. The number of sulfonamides is 1. The van der Waals surface area contributed by atoms with Crippen LogP contribution in [0.25, 0.3) is 0 Å². The minimum atomic E-state index is -3.62. The van der Waals surface area contributed by atoms with E-state index in [2.05, 4.69) is 15.4 Å². The molecule has 1 heterocycles. The standard InChI is InChI=1S/C15H17N3O4S2/c1-2-16-13(19)10-17-15(20)11-5-7-12(8-6-11)18-24(21,22)14-4-3-9-23-14/h3-9,18H,2,10H2,1H3,(H,16,19)(H,17,20). The lowest BCUT2D eigenvalue weighted by Gasteiger charge is -2.08. The summed E-state index contributed by atoms with van der Waals surface area (Å²) in [5.74, 6) is -0.680. The molecule has 0 saturated carbocycles. The highest BCUT2D eigenvalue weighted by Gasteiger charge is 2.15. The van der Waals surface area contributed by atoms with Crippen molar-refractivity contribution in [3.8, 4) is 0 Å². The zero-order chi connectivity index (χ0) is 17.6. The summed E-state index contributed by atoms with van der Waals surface area (Å²) in [6, 6.07) is 9.12. The van der Waals surface area contributed by atoms with Crippen LogP contribution in [0, 0.1) is 0 Å². The van der Waals surface area contributed by atoms with Crippen LogP contribution in [0.15, 0.2) is 46.0 Å². The first kappa shape index (κ1) is 18.0. The van der Waals surface area contributed by atoms with Crippen LogP contribution in [-0.2, 0) is 14.8 Å². The highest BCUT2D eigenvalue weighted by molar-refractivity contribution is 7.94. The SMILES string of the molecule is CCNC(=O)CNC(=O)c1ccc(NS(=O)(=O)c2cccs2)cc1. The van der Waals surface area contributed by atoms with Gasteiger partial charge in [0.2, 0.25) is 5.91 Å². The van der Waals surface area contributed by atoms with Gasteiger partial charge in [-0.15, -0.1) is 11.3 Å². The summed E-state index contributed by atoms with van der Waals surface area (Å²) >= 11 is 1.12. The Balaban J connectivity index is 1.98. The average molecular weight is 367 g/mol. The van der Waals surface area contributed by atoms with Gasteiger partial charge >= 0.3 is 0 Å². The van der Waals surface area contributed by atoms with E-state index in [1.165, 1.54) is 30.3 Å². The van der Waals surface area contributed by atoms with Crippen molar-refractivity contribution in [2.45, 2.75) is 11.1 Å². The van der Waals surface area contributed by atoms with Crippen LogP contribution in [0.3, 0.4) is 0 Å². The molecule has 0 radical (unpaired) electrons. The molecule has 2 aromatic rings. The summed E-state index contributed by atoms with van der Waals surface area (Å²) in [6.07, 6.45) is 0. The summed E-state index contributed by atoms with van der Waals surface area (Å²) in [4.78, 5) is 23.2. The second-order valence-electron chi connectivity index (χ2n) is 4.75. The Morgan fingerprint density at radius 3 is 2.38 bits per heavy atom. The molecule has 2 rings (SSSR count). The van der Waals surface area contributed by atoms with Gasteiger partial charge in [0.05, 0.1) is 6.54 Å². The van der Waals surface area contributed by atoms with Gasteiger partial charge in [0.15, 0.2) is 0 Å². The molecule has 0 atom stereocenters. The summed E-state index contributed by atoms with van der Waals surface area (Å²) in [6.45, 7) is 2.17. The summed E-state index contributed by atoms with van der Waals surface area (Å²) in [7, 11) is -3.62. The zero-order valence-corrected chi connectivity index (χ0v) is 14.5. The topological polar surface area (TPSA) is 104 Å². The van der Waals surface area contributed by atoms with Crippen molar-refractivity contribution in [2.24, 2.45) is 0 Å². The van der Waals surface area contributed by atoms with E-state index in [0.717, 1.165) is 11.3 Å². The van der Waals surface area contributed by atoms with Gasteiger partial charge in [-0.1, -0.05) is 6.07 Å². The molecule has 1 aromatic carbocycles. The quantitative estimate of drug-likeness (QED) is 0.688. The Kier molecular flexibility index (Phi) is 5.93. The fraction of sp³-hybridized carbons (Fsp3) is 0.200. The van der Waals surface area contributed by atoms with Gasteiger partial charge in [0.25, 0.3) is 15.9 Å². The van der Waals surface area contributed by atoms with Gasteiger partial charge < -0.3 is 10.6 Å². The molecule has 0 aliphatic carbocycles. The second kappa shape index (κ2) is 7.93. The maximum absolute atomic E-state index is 12.1. The molecule has 2 amide bonds. The molecule has 3 N–H and O–H groups in total. The van der Waals surface area contributed by atoms with Crippen molar-refractivity contribution in [2.75, 3.05) is 17.8 Å². The highest BCUT2D eigenvalue weighted by Crippen LogP contribution is 2.20.